The lowest BCUT2D eigenvalue weighted by Crippen LogP contribution is -2.45. The molecule has 1 amide bonds. The van der Waals surface area contributed by atoms with Crippen molar-refractivity contribution < 1.29 is 9.90 Å². The van der Waals surface area contributed by atoms with E-state index in [9.17, 15) is 4.79 Å². The predicted molar refractivity (Wildman–Crippen MR) is 79.0 cm³/mol. The maximum atomic E-state index is 12.3. The highest BCUT2D eigenvalue weighted by Gasteiger charge is 2.30. The molecule has 1 unspecified atom stereocenters. The van der Waals surface area contributed by atoms with Gasteiger partial charge < -0.3 is 16.2 Å². The van der Waals surface area contributed by atoms with Gasteiger partial charge in [-0.25, -0.2) is 0 Å². The molecule has 0 saturated heterocycles. The first-order valence-electron chi connectivity index (χ1n) is 6.39. The molecule has 0 fully saturated rings. The van der Waals surface area contributed by atoms with E-state index in [1.54, 1.807) is 31.2 Å². The average Bonchev–Trinajstić information content (AvgIpc) is 2.49. The van der Waals surface area contributed by atoms with E-state index in [-0.39, 0.29) is 12.5 Å². The van der Waals surface area contributed by atoms with Crippen LogP contribution in [0.15, 0.2) is 54.6 Å². The third kappa shape index (κ3) is 3.04. The summed E-state index contributed by atoms with van der Waals surface area (Å²) in [5, 5.41) is 11.8. The second kappa shape index (κ2) is 5.86. The maximum absolute atomic E-state index is 12.3. The molecule has 4 nitrogen and oxygen atoms in total. The minimum Gasteiger partial charge on any atom is -0.392 e. The van der Waals surface area contributed by atoms with Crippen LogP contribution in [0, 0.1) is 0 Å². The molecule has 0 bridgehead atoms. The van der Waals surface area contributed by atoms with Crippen molar-refractivity contribution in [2.24, 2.45) is 5.73 Å². The van der Waals surface area contributed by atoms with E-state index in [2.05, 4.69) is 5.32 Å². The Balaban J connectivity index is 2.14. The smallest absolute Gasteiger partial charge is 0.248 e. The van der Waals surface area contributed by atoms with E-state index in [1.165, 1.54) is 0 Å². The number of hydrogen-bond donors (Lipinski definition) is 3. The van der Waals surface area contributed by atoms with Gasteiger partial charge in [0.05, 0.1) is 6.61 Å². The van der Waals surface area contributed by atoms with Gasteiger partial charge in [-0.05, 0) is 30.2 Å². The zero-order valence-electron chi connectivity index (χ0n) is 11.3. The number of nitrogens with two attached hydrogens (primary N) is 1. The van der Waals surface area contributed by atoms with Crippen LogP contribution < -0.4 is 11.1 Å². The van der Waals surface area contributed by atoms with Crippen molar-refractivity contribution >= 4 is 11.6 Å². The quantitative estimate of drug-likeness (QED) is 0.795. The third-order valence-electron chi connectivity index (χ3n) is 3.24. The molecule has 0 aromatic heterocycles. The Morgan fingerprint density at radius 3 is 2.30 bits per heavy atom. The van der Waals surface area contributed by atoms with Crippen LogP contribution in [-0.2, 0) is 16.9 Å². The van der Waals surface area contributed by atoms with Crippen LogP contribution in [0.1, 0.15) is 18.1 Å². The number of hydrogen-bond acceptors (Lipinski definition) is 3. The number of anilines is 1. The summed E-state index contributed by atoms with van der Waals surface area (Å²) in [5.41, 5.74) is 7.23. The highest BCUT2D eigenvalue weighted by atomic mass is 16.3. The molecular formula is C16H18N2O2. The van der Waals surface area contributed by atoms with E-state index in [1.807, 2.05) is 30.3 Å². The van der Waals surface area contributed by atoms with Crippen molar-refractivity contribution in [1.29, 1.82) is 0 Å². The standard InChI is InChI=1S/C16H18N2O2/c1-16(17,13-5-3-2-4-6-13)15(20)18-14-9-7-12(11-19)8-10-14/h2-10,19H,11,17H2,1H3,(H,18,20). The normalized spacial score (nSPS) is 13.6. The molecule has 0 aliphatic rings. The van der Waals surface area contributed by atoms with Crippen LogP contribution in [0.25, 0.3) is 0 Å². The van der Waals surface area contributed by atoms with Gasteiger partial charge in [0.25, 0.3) is 0 Å². The minimum absolute atomic E-state index is 0.0210. The van der Waals surface area contributed by atoms with Gasteiger partial charge in [0.2, 0.25) is 5.91 Å². The van der Waals surface area contributed by atoms with E-state index in [0.717, 1.165) is 11.1 Å². The summed E-state index contributed by atoms with van der Waals surface area (Å²) in [6.45, 7) is 1.66. The highest BCUT2D eigenvalue weighted by molar-refractivity contribution is 5.98. The maximum Gasteiger partial charge on any atom is 0.248 e. The van der Waals surface area contributed by atoms with Gasteiger partial charge in [-0.15, -0.1) is 0 Å². The molecule has 0 aliphatic carbocycles. The molecule has 0 aliphatic heterocycles. The largest absolute Gasteiger partial charge is 0.392 e. The average molecular weight is 270 g/mol. The number of aliphatic hydroxyl groups excluding tert-OH is 1. The molecule has 2 rings (SSSR count). The molecular weight excluding hydrogens is 252 g/mol. The van der Waals surface area contributed by atoms with Crippen LogP contribution in [0.4, 0.5) is 5.69 Å². The first-order chi connectivity index (χ1) is 9.54. The molecule has 1 atom stereocenters. The summed E-state index contributed by atoms with van der Waals surface area (Å²) < 4.78 is 0. The lowest BCUT2D eigenvalue weighted by atomic mass is 9.92. The monoisotopic (exact) mass is 270 g/mol. The van der Waals surface area contributed by atoms with Crippen LogP contribution in [0.5, 0.6) is 0 Å². The number of benzene rings is 2. The van der Waals surface area contributed by atoms with Gasteiger partial charge in [0, 0.05) is 5.69 Å². The van der Waals surface area contributed by atoms with Crippen molar-refractivity contribution in [3.8, 4) is 0 Å². The summed E-state index contributed by atoms with van der Waals surface area (Å²) in [6, 6.07) is 16.2. The molecule has 0 heterocycles. The zero-order valence-corrected chi connectivity index (χ0v) is 11.3. The molecule has 4 heteroatoms. The minimum atomic E-state index is -1.10. The second-order valence-electron chi connectivity index (χ2n) is 4.88. The number of amides is 1. The van der Waals surface area contributed by atoms with E-state index >= 15 is 0 Å². The van der Waals surface area contributed by atoms with E-state index in [4.69, 9.17) is 10.8 Å². The van der Waals surface area contributed by atoms with Gasteiger partial charge in [0.15, 0.2) is 0 Å². The molecule has 0 saturated carbocycles. The van der Waals surface area contributed by atoms with Crippen LogP contribution in [0.3, 0.4) is 0 Å². The molecule has 104 valence electrons. The van der Waals surface area contributed by atoms with Crippen molar-refractivity contribution in [3.05, 3.63) is 65.7 Å². The Labute approximate surface area is 118 Å². The number of nitrogens with one attached hydrogen (secondary N) is 1. The Morgan fingerprint density at radius 1 is 1.15 bits per heavy atom. The van der Waals surface area contributed by atoms with Gasteiger partial charge in [-0.1, -0.05) is 42.5 Å². The van der Waals surface area contributed by atoms with Crippen LogP contribution in [0.2, 0.25) is 0 Å². The van der Waals surface area contributed by atoms with Gasteiger partial charge in [-0.3, -0.25) is 4.79 Å². The fourth-order valence-corrected chi connectivity index (χ4v) is 1.87. The summed E-state index contributed by atoms with van der Waals surface area (Å²) in [4.78, 5) is 12.3. The Bertz CT molecular complexity index is 577. The molecule has 4 N–H and O–H groups in total. The molecule has 2 aromatic rings. The number of carbonyl (C=O) groups excluding carboxylic acids is 1. The molecule has 0 spiro atoms. The second-order valence-corrected chi connectivity index (χ2v) is 4.88. The molecule has 2 aromatic carbocycles. The lowest BCUT2D eigenvalue weighted by Gasteiger charge is -2.24. The fourth-order valence-electron chi connectivity index (χ4n) is 1.87. The van der Waals surface area contributed by atoms with Crippen molar-refractivity contribution in [2.75, 3.05) is 5.32 Å². The lowest BCUT2D eigenvalue weighted by molar-refractivity contribution is -0.120. The first-order valence-corrected chi connectivity index (χ1v) is 6.39. The van der Waals surface area contributed by atoms with Gasteiger partial charge >= 0.3 is 0 Å². The molecule has 0 radical (unpaired) electrons. The van der Waals surface area contributed by atoms with Crippen molar-refractivity contribution in [2.45, 2.75) is 19.1 Å². The Kier molecular flexibility index (Phi) is 4.17. The topological polar surface area (TPSA) is 75.4 Å². The third-order valence-corrected chi connectivity index (χ3v) is 3.24. The predicted octanol–water partition coefficient (Wildman–Crippen LogP) is 1.99. The van der Waals surface area contributed by atoms with Crippen LogP contribution >= 0.6 is 0 Å². The van der Waals surface area contributed by atoms with Gasteiger partial charge in [0.1, 0.15) is 5.54 Å². The fraction of sp³-hybridized carbons (Fsp3) is 0.188. The SMILES string of the molecule is CC(N)(C(=O)Nc1ccc(CO)cc1)c1ccccc1. The Morgan fingerprint density at radius 2 is 1.75 bits per heavy atom. The van der Waals surface area contributed by atoms with Gasteiger partial charge in [-0.2, -0.15) is 0 Å². The van der Waals surface area contributed by atoms with E-state index in [0.29, 0.717) is 5.69 Å². The van der Waals surface area contributed by atoms with Crippen LogP contribution in [-0.4, -0.2) is 11.0 Å². The Hall–Kier alpha value is -2.17. The summed E-state index contributed by atoms with van der Waals surface area (Å²) in [7, 11) is 0. The van der Waals surface area contributed by atoms with Crippen molar-refractivity contribution in [3.63, 3.8) is 0 Å². The summed E-state index contributed by atoms with van der Waals surface area (Å²) >= 11 is 0. The summed E-state index contributed by atoms with van der Waals surface area (Å²) in [6.07, 6.45) is 0. The molecule has 20 heavy (non-hydrogen) atoms. The highest BCUT2D eigenvalue weighted by Crippen LogP contribution is 2.20. The van der Waals surface area contributed by atoms with Crippen molar-refractivity contribution in [1.82, 2.24) is 0 Å². The number of rotatable bonds is 4. The van der Waals surface area contributed by atoms with E-state index < -0.39 is 5.54 Å². The first kappa shape index (κ1) is 14.2. The summed E-state index contributed by atoms with van der Waals surface area (Å²) in [5.74, 6) is -0.277. The zero-order chi connectivity index (χ0) is 14.6. The number of aliphatic hydroxyl groups is 1. The number of carbonyl (C=O) groups is 1.